The summed E-state index contributed by atoms with van der Waals surface area (Å²) in [5.41, 5.74) is 1.92. The van der Waals surface area contributed by atoms with Gasteiger partial charge in [0, 0.05) is 50.0 Å². The second kappa shape index (κ2) is 11.7. The van der Waals surface area contributed by atoms with Gasteiger partial charge in [-0.25, -0.2) is 4.99 Å². The number of ether oxygens (including phenoxy) is 2. The molecule has 0 aliphatic carbocycles. The topological polar surface area (TPSA) is 69.6 Å². The predicted molar refractivity (Wildman–Crippen MR) is 132 cm³/mol. The second-order valence-corrected chi connectivity index (χ2v) is 6.84. The zero-order chi connectivity index (χ0) is 20.6. The number of hydrogen-bond donors (Lipinski definition) is 2. The zero-order valence-electron chi connectivity index (χ0n) is 17.8. The summed E-state index contributed by atoms with van der Waals surface area (Å²) in [6, 6.07) is 13.4. The van der Waals surface area contributed by atoms with Crippen molar-refractivity contribution in [2.24, 2.45) is 4.99 Å². The van der Waals surface area contributed by atoms with Gasteiger partial charge in [0.1, 0.15) is 17.2 Å². The van der Waals surface area contributed by atoms with Crippen LogP contribution in [0, 0.1) is 0 Å². The van der Waals surface area contributed by atoms with E-state index in [9.17, 15) is 5.11 Å². The molecule has 0 spiro atoms. The van der Waals surface area contributed by atoms with Gasteiger partial charge in [0.2, 0.25) is 0 Å². The van der Waals surface area contributed by atoms with Gasteiger partial charge in [0.25, 0.3) is 0 Å². The molecule has 30 heavy (non-hydrogen) atoms. The average molecular weight is 526 g/mol. The standard InChI is InChI=1S/C22H30N4O3.HI/c1-4-23-22(24-16-17-14-20(29-3)8-9-21(17)27)26-12-10-25(11-13-26)18-6-5-7-19(15-18)28-2;/h5-9,14-15,27H,4,10-13,16H2,1-3H3,(H,23,24);1H. The first kappa shape index (κ1) is 23.9. The van der Waals surface area contributed by atoms with Crippen molar-refractivity contribution < 1.29 is 14.6 Å². The van der Waals surface area contributed by atoms with E-state index in [4.69, 9.17) is 14.5 Å². The van der Waals surface area contributed by atoms with Gasteiger partial charge in [-0.1, -0.05) is 6.07 Å². The Morgan fingerprint density at radius 1 is 1.03 bits per heavy atom. The van der Waals surface area contributed by atoms with E-state index in [0.29, 0.717) is 12.3 Å². The predicted octanol–water partition coefficient (Wildman–Crippen LogP) is 3.32. The van der Waals surface area contributed by atoms with E-state index in [2.05, 4.69) is 34.2 Å². The van der Waals surface area contributed by atoms with Crippen molar-refractivity contribution in [2.75, 3.05) is 51.8 Å². The summed E-state index contributed by atoms with van der Waals surface area (Å²) in [7, 11) is 3.31. The van der Waals surface area contributed by atoms with Crippen molar-refractivity contribution in [2.45, 2.75) is 13.5 Å². The third-order valence-corrected chi connectivity index (χ3v) is 5.02. The number of hydrogen-bond acceptors (Lipinski definition) is 5. The third kappa shape index (κ3) is 6.07. The summed E-state index contributed by atoms with van der Waals surface area (Å²) in [5, 5.41) is 13.5. The van der Waals surface area contributed by atoms with Crippen LogP contribution in [0.3, 0.4) is 0 Å². The maximum atomic E-state index is 10.1. The highest BCUT2D eigenvalue weighted by Crippen LogP contribution is 2.24. The molecule has 0 aromatic heterocycles. The number of aliphatic imine (C=N–C) groups is 1. The lowest BCUT2D eigenvalue weighted by Gasteiger charge is -2.37. The minimum absolute atomic E-state index is 0. The molecule has 2 aromatic rings. The zero-order valence-corrected chi connectivity index (χ0v) is 20.1. The number of nitrogens with one attached hydrogen (secondary N) is 1. The quantitative estimate of drug-likeness (QED) is 0.342. The smallest absolute Gasteiger partial charge is 0.194 e. The fourth-order valence-corrected chi connectivity index (χ4v) is 3.38. The van der Waals surface area contributed by atoms with Gasteiger partial charge in [0.15, 0.2) is 5.96 Å². The minimum Gasteiger partial charge on any atom is -0.508 e. The monoisotopic (exact) mass is 526 g/mol. The van der Waals surface area contributed by atoms with Gasteiger partial charge >= 0.3 is 0 Å². The molecule has 3 rings (SSSR count). The van der Waals surface area contributed by atoms with Crippen LogP contribution in [-0.4, -0.2) is 62.9 Å². The summed E-state index contributed by atoms with van der Waals surface area (Å²) in [6.45, 7) is 6.79. The molecule has 0 atom stereocenters. The Balaban J connectivity index is 0.00000320. The largest absolute Gasteiger partial charge is 0.508 e. The molecule has 0 bridgehead atoms. The molecule has 1 aliphatic rings. The summed E-state index contributed by atoms with van der Waals surface area (Å²) in [5.74, 6) is 2.68. The number of benzene rings is 2. The van der Waals surface area contributed by atoms with Crippen LogP contribution in [-0.2, 0) is 6.54 Å². The van der Waals surface area contributed by atoms with Crippen molar-refractivity contribution >= 4 is 35.6 Å². The number of rotatable bonds is 6. The molecule has 0 radical (unpaired) electrons. The van der Waals surface area contributed by atoms with Gasteiger partial charge in [-0.2, -0.15) is 0 Å². The van der Waals surface area contributed by atoms with Crippen molar-refractivity contribution in [3.8, 4) is 17.2 Å². The first-order chi connectivity index (χ1) is 14.1. The van der Waals surface area contributed by atoms with E-state index in [1.165, 1.54) is 5.69 Å². The van der Waals surface area contributed by atoms with Crippen LogP contribution < -0.4 is 19.7 Å². The van der Waals surface area contributed by atoms with E-state index in [0.717, 1.165) is 50.0 Å². The van der Waals surface area contributed by atoms with Crippen molar-refractivity contribution in [3.05, 3.63) is 48.0 Å². The molecular weight excluding hydrogens is 495 g/mol. The van der Waals surface area contributed by atoms with E-state index >= 15 is 0 Å². The number of guanidine groups is 1. The normalized spacial score (nSPS) is 14.2. The molecule has 0 saturated carbocycles. The SMILES string of the molecule is CCNC(=NCc1cc(OC)ccc1O)N1CCN(c2cccc(OC)c2)CC1.I. The number of phenols is 1. The maximum absolute atomic E-state index is 10.1. The lowest BCUT2D eigenvalue weighted by Crippen LogP contribution is -2.52. The number of nitrogens with zero attached hydrogens (tertiary/aromatic N) is 3. The number of phenolic OH excluding ortho intramolecular Hbond substituents is 1. The molecule has 1 aliphatic heterocycles. The Labute approximate surface area is 195 Å². The lowest BCUT2D eigenvalue weighted by atomic mass is 10.2. The minimum atomic E-state index is 0. The molecular formula is C22H31IN4O3. The molecule has 2 N–H and O–H groups in total. The molecule has 1 fully saturated rings. The third-order valence-electron chi connectivity index (χ3n) is 5.02. The highest BCUT2D eigenvalue weighted by molar-refractivity contribution is 14.0. The van der Waals surface area contributed by atoms with Crippen molar-refractivity contribution in [1.82, 2.24) is 10.2 Å². The van der Waals surface area contributed by atoms with Crippen LogP contribution in [0.4, 0.5) is 5.69 Å². The van der Waals surface area contributed by atoms with Crippen LogP contribution in [0.25, 0.3) is 0 Å². The number of methoxy groups -OCH3 is 2. The van der Waals surface area contributed by atoms with E-state index in [1.807, 2.05) is 18.2 Å². The Morgan fingerprint density at radius 2 is 1.73 bits per heavy atom. The highest BCUT2D eigenvalue weighted by atomic mass is 127. The van der Waals surface area contributed by atoms with Crippen LogP contribution in [0.5, 0.6) is 17.2 Å². The lowest BCUT2D eigenvalue weighted by molar-refractivity contribution is 0.371. The fraction of sp³-hybridized carbons (Fsp3) is 0.409. The van der Waals surface area contributed by atoms with Crippen molar-refractivity contribution in [3.63, 3.8) is 0 Å². The number of anilines is 1. The van der Waals surface area contributed by atoms with E-state index in [-0.39, 0.29) is 29.7 Å². The molecule has 2 aromatic carbocycles. The molecule has 0 unspecified atom stereocenters. The fourth-order valence-electron chi connectivity index (χ4n) is 3.38. The van der Waals surface area contributed by atoms with E-state index in [1.54, 1.807) is 26.4 Å². The number of aromatic hydroxyl groups is 1. The second-order valence-electron chi connectivity index (χ2n) is 6.84. The average Bonchev–Trinajstić information content (AvgIpc) is 2.77. The van der Waals surface area contributed by atoms with Crippen LogP contribution in [0.1, 0.15) is 12.5 Å². The summed E-state index contributed by atoms with van der Waals surface area (Å²) in [4.78, 5) is 9.37. The maximum Gasteiger partial charge on any atom is 0.194 e. The Kier molecular flexibility index (Phi) is 9.35. The van der Waals surface area contributed by atoms with Gasteiger partial charge in [-0.05, 0) is 37.3 Å². The number of halogens is 1. The molecule has 1 heterocycles. The van der Waals surface area contributed by atoms with E-state index < -0.39 is 0 Å². The molecule has 1 saturated heterocycles. The number of piperazine rings is 1. The summed E-state index contributed by atoms with van der Waals surface area (Å²) in [6.07, 6.45) is 0. The molecule has 8 heteroatoms. The van der Waals surface area contributed by atoms with Crippen LogP contribution in [0.2, 0.25) is 0 Å². The highest BCUT2D eigenvalue weighted by Gasteiger charge is 2.20. The van der Waals surface area contributed by atoms with Crippen LogP contribution >= 0.6 is 24.0 Å². The van der Waals surface area contributed by atoms with Crippen molar-refractivity contribution in [1.29, 1.82) is 0 Å². The van der Waals surface area contributed by atoms with Gasteiger partial charge < -0.3 is 29.7 Å². The molecule has 7 nitrogen and oxygen atoms in total. The van der Waals surface area contributed by atoms with Gasteiger partial charge in [-0.15, -0.1) is 24.0 Å². The Bertz CT molecular complexity index is 839. The summed E-state index contributed by atoms with van der Waals surface area (Å²) < 4.78 is 10.6. The summed E-state index contributed by atoms with van der Waals surface area (Å²) >= 11 is 0. The molecule has 0 amide bonds. The van der Waals surface area contributed by atoms with Crippen LogP contribution in [0.15, 0.2) is 47.5 Å². The Morgan fingerprint density at radius 3 is 2.40 bits per heavy atom. The Hall–Kier alpha value is -2.36. The van der Waals surface area contributed by atoms with Gasteiger partial charge in [-0.3, -0.25) is 0 Å². The first-order valence-electron chi connectivity index (χ1n) is 9.92. The first-order valence-corrected chi connectivity index (χ1v) is 9.92. The van der Waals surface area contributed by atoms with Gasteiger partial charge in [0.05, 0.1) is 20.8 Å². The molecule has 164 valence electrons.